The SMILES string of the molecule is Cn1cccc1C(CN)NC(=O)OC(C)(C)C. The van der Waals surface area contributed by atoms with Gasteiger partial charge in [-0.3, -0.25) is 0 Å². The standard InChI is InChI=1S/C12H21N3O2/c1-12(2,3)17-11(16)14-9(8-13)10-6-5-7-15(10)4/h5-7,9H,8,13H2,1-4H3,(H,14,16). The van der Waals surface area contributed by atoms with E-state index < -0.39 is 11.7 Å². The average molecular weight is 239 g/mol. The maximum Gasteiger partial charge on any atom is 0.408 e. The van der Waals surface area contributed by atoms with Gasteiger partial charge in [0.05, 0.1) is 6.04 Å². The molecule has 0 aliphatic rings. The molecule has 96 valence electrons. The summed E-state index contributed by atoms with van der Waals surface area (Å²) in [6.45, 7) is 5.81. The molecule has 1 unspecified atom stereocenters. The Morgan fingerprint density at radius 2 is 2.24 bits per heavy atom. The number of nitrogens with two attached hydrogens (primary N) is 1. The Hall–Kier alpha value is -1.49. The number of aryl methyl sites for hydroxylation is 1. The van der Waals surface area contributed by atoms with E-state index in [9.17, 15) is 4.79 Å². The molecule has 0 aliphatic carbocycles. The van der Waals surface area contributed by atoms with E-state index in [-0.39, 0.29) is 6.04 Å². The number of ether oxygens (including phenoxy) is 1. The Labute approximate surface area is 102 Å². The fourth-order valence-electron chi connectivity index (χ4n) is 1.54. The molecule has 1 atom stereocenters. The first-order valence-corrected chi connectivity index (χ1v) is 5.64. The summed E-state index contributed by atoms with van der Waals surface area (Å²) < 4.78 is 7.12. The Bertz CT molecular complexity index is 379. The van der Waals surface area contributed by atoms with Crippen LogP contribution in [0.1, 0.15) is 32.5 Å². The molecule has 0 fully saturated rings. The van der Waals surface area contributed by atoms with Crippen molar-refractivity contribution < 1.29 is 9.53 Å². The van der Waals surface area contributed by atoms with Gasteiger partial charge in [-0.25, -0.2) is 4.79 Å². The first-order chi connectivity index (χ1) is 7.83. The highest BCUT2D eigenvalue weighted by molar-refractivity contribution is 5.68. The summed E-state index contributed by atoms with van der Waals surface area (Å²) in [5.74, 6) is 0. The van der Waals surface area contributed by atoms with E-state index in [0.29, 0.717) is 6.54 Å². The number of aromatic nitrogens is 1. The largest absolute Gasteiger partial charge is 0.444 e. The molecular weight excluding hydrogens is 218 g/mol. The summed E-state index contributed by atoms with van der Waals surface area (Å²) in [5, 5.41) is 2.76. The Balaban J connectivity index is 2.66. The van der Waals surface area contributed by atoms with E-state index in [1.165, 1.54) is 0 Å². The van der Waals surface area contributed by atoms with Gasteiger partial charge in [0.2, 0.25) is 0 Å². The number of carbonyl (C=O) groups excluding carboxylic acids is 1. The fourth-order valence-corrected chi connectivity index (χ4v) is 1.54. The number of nitrogens with zero attached hydrogens (tertiary/aromatic N) is 1. The predicted molar refractivity (Wildman–Crippen MR) is 66.6 cm³/mol. The molecular formula is C12H21N3O2. The zero-order chi connectivity index (χ0) is 13.1. The van der Waals surface area contributed by atoms with Crippen molar-refractivity contribution in [1.29, 1.82) is 0 Å². The molecule has 5 heteroatoms. The number of hydrogen-bond donors (Lipinski definition) is 2. The van der Waals surface area contributed by atoms with Crippen LogP contribution < -0.4 is 11.1 Å². The van der Waals surface area contributed by atoms with Crippen LogP contribution in [0.2, 0.25) is 0 Å². The van der Waals surface area contributed by atoms with Gasteiger partial charge in [-0.2, -0.15) is 0 Å². The van der Waals surface area contributed by atoms with E-state index in [1.807, 2.05) is 50.7 Å². The van der Waals surface area contributed by atoms with Crippen molar-refractivity contribution in [2.45, 2.75) is 32.4 Å². The van der Waals surface area contributed by atoms with Crippen molar-refractivity contribution in [2.24, 2.45) is 12.8 Å². The number of amides is 1. The molecule has 0 saturated heterocycles. The average Bonchev–Trinajstić information content (AvgIpc) is 2.58. The van der Waals surface area contributed by atoms with Crippen molar-refractivity contribution in [3.8, 4) is 0 Å². The molecule has 0 bridgehead atoms. The summed E-state index contributed by atoms with van der Waals surface area (Å²) in [4.78, 5) is 11.6. The van der Waals surface area contributed by atoms with Crippen LogP contribution in [0.3, 0.4) is 0 Å². The fraction of sp³-hybridized carbons (Fsp3) is 0.583. The summed E-state index contributed by atoms with van der Waals surface area (Å²) in [5.41, 5.74) is 6.12. The van der Waals surface area contributed by atoms with Crippen LogP contribution in [0.5, 0.6) is 0 Å². The minimum absolute atomic E-state index is 0.232. The Morgan fingerprint density at radius 1 is 1.59 bits per heavy atom. The molecule has 17 heavy (non-hydrogen) atoms. The maximum atomic E-state index is 11.6. The van der Waals surface area contributed by atoms with E-state index >= 15 is 0 Å². The third kappa shape index (κ3) is 4.11. The van der Waals surface area contributed by atoms with Gasteiger partial charge in [0, 0.05) is 25.5 Å². The molecule has 3 N–H and O–H groups in total. The lowest BCUT2D eigenvalue weighted by atomic mass is 10.2. The Kier molecular flexibility index (Phi) is 4.17. The smallest absolute Gasteiger partial charge is 0.408 e. The molecule has 5 nitrogen and oxygen atoms in total. The number of rotatable bonds is 3. The highest BCUT2D eigenvalue weighted by Crippen LogP contribution is 2.13. The van der Waals surface area contributed by atoms with Crippen LogP contribution in [-0.2, 0) is 11.8 Å². The zero-order valence-corrected chi connectivity index (χ0v) is 10.9. The summed E-state index contributed by atoms with van der Waals surface area (Å²) in [6.07, 6.45) is 1.46. The predicted octanol–water partition coefficient (Wildman–Crippen LogP) is 1.55. The van der Waals surface area contributed by atoms with Crippen LogP contribution in [0.25, 0.3) is 0 Å². The number of carbonyl (C=O) groups is 1. The van der Waals surface area contributed by atoms with E-state index in [0.717, 1.165) is 5.69 Å². The molecule has 0 saturated carbocycles. The monoisotopic (exact) mass is 239 g/mol. The molecule has 0 spiro atoms. The Morgan fingerprint density at radius 3 is 2.65 bits per heavy atom. The second-order valence-electron chi connectivity index (χ2n) is 4.98. The molecule has 1 rings (SSSR count). The van der Waals surface area contributed by atoms with Crippen molar-refractivity contribution in [2.75, 3.05) is 6.54 Å². The highest BCUT2D eigenvalue weighted by atomic mass is 16.6. The first-order valence-electron chi connectivity index (χ1n) is 5.64. The van der Waals surface area contributed by atoms with Crippen molar-refractivity contribution in [3.63, 3.8) is 0 Å². The molecule has 1 aromatic heterocycles. The number of nitrogens with one attached hydrogen (secondary N) is 1. The second kappa shape index (κ2) is 5.23. The molecule has 1 heterocycles. The van der Waals surface area contributed by atoms with Gasteiger partial charge in [-0.1, -0.05) is 0 Å². The third-order valence-electron chi connectivity index (χ3n) is 2.27. The normalized spacial score (nSPS) is 13.2. The van der Waals surface area contributed by atoms with Gasteiger partial charge in [0.1, 0.15) is 5.60 Å². The zero-order valence-electron chi connectivity index (χ0n) is 10.9. The lowest BCUT2D eigenvalue weighted by Gasteiger charge is -2.23. The number of alkyl carbamates (subject to hydrolysis) is 1. The second-order valence-corrected chi connectivity index (χ2v) is 4.98. The topological polar surface area (TPSA) is 69.3 Å². The molecule has 0 radical (unpaired) electrons. The van der Waals surface area contributed by atoms with E-state index in [2.05, 4.69) is 5.32 Å². The van der Waals surface area contributed by atoms with Crippen LogP contribution in [0.15, 0.2) is 18.3 Å². The lowest BCUT2D eigenvalue weighted by Crippen LogP contribution is -2.38. The number of hydrogen-bond acceptors (Lipinski definition) is 3. The van der Waals surface area contributed by atoms with Crippen LogP contribution in [0, 0.1) is 0 Å². The van der Waals surface area contributed by atoms with E-state index in [4.69, 9.17) is 10.5 Å². The van der Waals surface area contributed by atoms with Crippen LogP contribution in [-0.4, -0.2) is 22.8 Å². The molecule has 1 aromatic rings. The van der Waals surface area contributed by atoms with Gasteiger partial charge in [0.25, 0.3) is 0 Å². The lowest BCUT2D eigenvalue weighted by molar-refractivity contribution is 0.0503. The quantitative estimate of drug-likeness (QED) is 0.840. The van der Waals surface area contributed by atoms with Crippen molar-refractivity contribution in [1.82, 2.24) is 9.88 Å². The summed E-state index contributed by atoms with van der Waals surface area (Å²) in [7, 11) is 1.91. The summed E-state index contributed by atoms with van der Waals surface area (Å²) in [6, 6.07) is 3.61. The third-order valence-corrected chi connectivity index (χ3v) is 2.27. The highest BCUT2D eigenvalue weighted by Gasteiger charge is 2.20. The van der Waals surface area contributed by atoms with Crippen molar-refractivity contribution >= 4 is 6.09 Å². The minimum Gasteiger partial charge on any atom is -0.444 e. The maximum absolute atomic E-state index is 11.6. The summed E-state index contributed by atoms with van der Waals surface area (Å²) >= 11 is 0. The first kappa shape index (κ1) is 13.6. The van der Waals surface area contributed by atoms with Gasteiger partial charge >= 0.3 is 6.09 Å². The molecule has 0 aromatic carbocycles. The molecule has 1 amide bonds. The van der Waals surface area contributed by atoms with E-state index in [1.54, 1.807) is 0 Å². The van der Waals surface area contributed by atoms with Gasteiger partial charge in [-0.05, 0) is 32.9 Å². The minimum atomic E-state index is -0.503. The van der Waals surface area contributed by atoms with Crippen LogP contribution >= 0.6 is 0 Å². The molecule has 0 aliphatic heterocycles. The van der Waals surface area contributed by atoms with Gasteiger partial charge in [0.15, 0.2) is 0 Å². The van der Waals surface area contributed by atoms with Crippen LogP contribution in [0.4, 0.5) is 4.79 Å². The van der Waals surface area contributed by atoms with Gasteiger partial charge < -0.3 is 20.4 Å². The van der Waals surface area contributed by atoms with Crippen molar-refractivity contribution in [3.05, 3.63) is 24.0 Å². The van der Waals surface area contributed by atoms with Gasteiger partial charge in [-0.15, -0.1) is 0 Å².